The number of piperazine rings is 1. The van der Waals surface area contributed by atoms with Crippen LogP contribution in [0.3, 0.4) is 0 Å². The fourth-order valence-electron chi connectivity index (χ4n) is 4.08. The van der Waals surface area contributed by atoms with Crippen molar-refractivity contribution in [2.24, 2.45) is 0 Å². The van der Waals surface area contributed by atoms with Crippen molar-refractivity contribution in [1.29, 1.82) is 0 Å². The monoisotopic (exact) mass is 430 g/mol. The van der Waals surface area contributed by atoms with Crippen LogP contribution in [0.15, 0.2) is 35.5 Å². The Labute approximate surface area is 184 Å². The number of carbonyl (C=O) groups is 2. The number of benzene rings is 1. The highest BCUT2D eigenvalue weighted by Gasteiger charge is 2.34. The van der Waals surface area contributed by atoms with Gasteiger partial charge >= 0.3 is 12.0 Å². The summed E-state index contributed by atoms with van der Waals surface area (Å²) in [7, 11) is 1.60. The van der Waals surface area contributed by atoms with Gasteiger partial charge in [0, 0.05) is 44.5 Å². The molecule has 0 aromatic heterocycles. The van der Waals surface area contributed by atoms with Gasteiger partial charge in [0.2, 0.25) is 0 Å². The molecule has 1 saturated heterocycles. The van der Waals surface area contributed by atoms with Crippen molar-refractivity contribution in [3.63, 3.8) is 0 Å². The lowest BCUT2D eigenvalue weighted by Crippen LogP contribution is -2.53. The Balaban J connectivity index is 1.85. The molecule has 2 aliphatic heterocycles. The molecule has 0 spiro atoms. The minimum absolute atomic E-state index is 0.270. The number of rotatable bonds is 8. The minimum atomic E-state index is -0.574. The van der Waals surface area contributed by atoms with E-state index in [1.165, 1.54) is 0 Å². The van der Waals surface area contributed by atoms with Gasteiger partial charge in [-0.25, -0.2) is 9.59 Å². The maximum Gasteiger partial charge on any atom is 0.338 e. The zero-order chi connectivity index (χ0) is 22.4. The first-order valence-corrected chi connectivity index (χ1v) is 11.0. The molecule has 31 heavy (non-hydrogen) atoms. The number of nitrogens with one attached hydrogen (secondary N) is 2. The summed E-state index contributed by atoms with van der Waals surface area (Å²) in [6.45, 7) is 10.7. The third kappa shape index (κ3) is 5.57. The van der Waals surface area contributed by atoms with Crippen LogP contribution in [0.4, 0.5) is 4.79 Å². The Bertz CT molecular complexity index is 800. The molecule has 2 heterocycles. The molecule has 1 fully saturated rings. The molecule has 1 aromatic carbocycles. The molecule has 1 aromatic rings. The van der Waals surface area contributed by atoms with E-state index >= 15 is 0 Å². The van der Waals surface area contributed by atoms with E-state index in [0.717, 1.165) is 38.2 Å². The predicted molar refractivity (Wildman–Crippen MR) is 119 cm³/mol. The highest BCUT2D eigenvalue weighted by molar-refractivity contribution is 5.95. The lowest BCUT2D eigenvalue weighted by atomic mass is 9.94. The molecule has 0 saturated carbocycles. The van der Waals surface area contributed by atoms with E-state index < -0.39 is 12.0 Å². The van der Waals surface area contributed by atoms with Crippen LogP contribution in [0.2, 0.25) is 0 Å². The van der Waals surface area contributed by atoms with E-state index in [0.29, 0.717) is 29.6 Å². The molecule has 2 atom stereocenters. The fourth-order valence-corrected chi connectivity index (χ4v) is 4.08. The van der Waals surface area contributed by atoms with Crippen LogP contribution in [0.25, 0.3) is 0 Å². The van der Waals surface area contributed by atoms with E-state index in [9.17, 15) is 9.59 Å². The minimum Gasteiger partial charge on any atom is -0.497 e. The molecule has 2 amide bonds. The van der Waals surface area contributed by atoms with Crippen molar-refractivity contribution in [1.82, 2.24) is 20.4 Å². The number of hydrogen-bond donors (Lipinski definition) is 2. The Kier molecular flexibility index (Phi) is 7.92. The van der Waals surface area contributed by atoms with Gasteiger partial charge in [-0.15, -0.1) is 0 Å². The molecule has 0 radical (unpaired) electrons. The lowest BCUT2D eigenvalue weighted by molar-refractivity contribution is -0.139. The van der Waals surface area contributed by atoms with E-state index in [1.807, 2.05) is 24.3 Å². The number of nitrogens with zero attached hydrogens (tertiary/aromatic N) is 2. The maximum absolute atomic E-state index is 12.9. The Morgan fingerprint density at radius 3 is 2.42 bits per heavy atom. The molecule has 2 unspecified atom stereocenters. The Morgan fingerprint density at radius 1 is 1.16 bits per heavy atom. The molecule has 0 aliphatic carbocycles. The van der Waals surface area contributed by atoms with Gasteiger partial charge in [-0.3, -0.25) is 9.80 Å². The zero-order valence-corrected chi connectivity index (χ0v) is 18.9. The summed E-state index contributed by atoms with van der Waals surface area (Å²) in [5.41, 5.74) is 1.87. The number of methoxy groups -OCH3 is 1. The second-order valence-electron chi connectivity index (χ2n) is 7.99. The molecule has 2 N–H and O–H groups in total. The normalized spacial score (nSPS) is 21.3. The van der Waals surface area contributed by atoms with Crippen LogP contribution >= 0.6 is 0 Å². The lowest BCUT2D eigenvalue weighted by Gasteiger charge is -2.39. The molecule has 2 aliphatic rings. The summed E-state index contributed by atoms with van der Waals surface area (Å²) in [6, 6.07) is 7.03. The molecule has 8 heteroatoms. The number of amides is 2. The van der Waals surface area contributed by atoms with Crippen molar-refractivity contribution >= 4 is 12.0 Å². The van der Waals surface area contributed by atoms with Crippen molar-refractivity contribution in [2.75, 3.05) is 46.4 Å². The van der Waals surface area contributed by atoms with Crippen LogP contribution in [0.5, 0.6) is 5.75 Å². The van der Waals surface area contributed by atoms with Crippen LogP contribution in [-0.4, -0.2) is 74.3 Å². The number of carbonyl (C=O) groups excluding carboxylic acids is 2. The van der Waals surface area contributed by atoms with E-state index in [2.05, 4.69) is 34.3 Å². The first-order valence-electron chi connectivity index (χ1n) is 11.0. The van der Waals surface area contributed by atoms with E-state index in [4.69, 9.17) is 9.47 Å². The van der Waals surface area contributed by atoms with Crippen molar-refractivity contribution in [3.8, 4) is 5.75 Å². The summed E-state index contributed by atoms with van der Waals surface area (Å²) in [5, 5.41) is 5.75. The van der Waals surface area contributed by atoms with Gasteiger partial charge < -0.3 is 20.1 Å². The second-order valence-corrected chi connectivity index (χ2v) is 7.99. The quantitative estimate of drug-likeness (QED) is 0.616. The summed E-state index contributed by atoms with van der Waals surface area (Å²) >= 11 is 0. The summed E-state index contributed by atoms with van der Waals surface area (Å²) in [6.07, 6.45) is 1.13. The van der Waals surface area contributed by atoms with Crippen LogP contribution in [0, 0.1) is 0 Å². The molecule has 0 bridgehead atoms. The van der Waals surface area contributed by atoms with Gasteiger partial charge in [0.25, 0.3) is 0 Å². The summed E-state index contributed by atoms with van der Waals surface area (Å²) in [5.74, 6) is 0.300. The first kappa shape index (κ1) is 23.1. The molecular formula is C23H34N4O4. The zero-order valence-electron chi connectivity index (χ0n) is 18.9. The van der Waals surface area contributed by atoms with Gasteiger partial charge in [-0.1, -0.05) is 19.1 Å². The standard InChI is InChI=1S/C23H34N4O4/c1-5-16(3)27-13-11-26(12-14-27)15-19-20(22(28)31-6-2)21(25-23(29)24-19)17-7-9-18(30-4)10-8-17/h7-10,16,21H,5-6,11-15H2,1-4H3,(H2,24,25,29). The first-order chi connectivity index (χ1) is 15.0. The smallest absolute Gasteiger partial charge is 0.338 e. The van der Waals surface area contributed by atoms with E-state index in [1.54, 1.807) is 14.0 Å². The van der Waals surface area contributed by atoms with Crippen molar-refractivity contribution < 1.29 is 19.1 Å². The van der Waals surface area contributed by atoms with E-state index in [-0.39, 0.29) is 12.6 Å². The summed E-state index contributed by atoms with van der Waals surface area (Å²) in [4.78, 5) is 30.2. The highest BCUT2D eigenvalue weighted by Crippen LogP contribution is 2.29. The number of hydrogen-bond acceptors (Lipinski definition) is 6. The highest BCUT2D eigenvalue weighted by atomic mass is 16.5. The van der Waals surface area contributed by atoms with Crippen LogP contribution < -0.4 is 15.4 Å². The van der Waals surface area contributed by atoms with Gasteiger partial charge in [0.15, 0.2) is 0 Å². The topological polar surface area (TPSA) is 83.1 Å². The predicted octanol–water partition coefficient (Wildman–Crippen LogP) is 2.28. The number of esters is 1. The fraction of sp³-hybridized carbons (Fsp3) is 0.565. The van der Waals surface area contributed by atoms with Crippen molar-refractivity contribution in [2.45, 2.75) is 39.3 Å². The second kappa shape index (κ2) is 10.6. The van der Waals surface area contributed by atoms with Gasteiger partial charge in [0.1, 0.15) is 5.75 Å². The maximum atomic E-state index is 12.9. The van der Waals surface area contributed by atoms with Gasteiger partial charge in [0.05, 0.1) is 25.3 Å². The summed E-state index contributed by atoms with van der Waals surface area (Å²) < 4.78 is 10.6. The average Bonchev–Trinajstić information content (AvgIpc) is 2.79. The van der Waals surface area contributed by atoms with Crippen molar-refractivity contribution in [3.05, 3.63) is 41.1 Å². The number of ether oxygens (including phenoxy) is 2. The third-order valence-electron chi connectivity index (χ3n) is 6.10. The third-order valence-corrected chi connectivity index (χ3v) is 6.10. The van der Waals surface area contributed by atoms with Gasteiger partial charge in [-0.2, -0.15) is 0 Å². The molecule has 8 nitrogen and oxygen atoms in total. The SMILES string of the molecule is CCOC(=O)C1=C(CN2CCN(C(C)CC)CC2)NC(=O)NC1c1ccc(OC)cc1. The van der Waals surface area contributed by atoms with Crippen LogP contribution in [-0.2, 0) is 9.53 Å². The average molecular weight is 431 g/mol. The molecular weight excluding hydrogens is 396 g/mol. The Hall–Kier alpha value is -2.58. The Morgan fingerprint density at radius 2 is 1.84 bits per heavy atom. The number of urea groups is 1. The van der Waals surface area contributed by atoms with Crippen LogP contribution in [0.1, 0.15) is 38.8 Å². The molecule has 3 rings (SSSR count). The molecule has 170 valence electrons. The largest absolute Gasteiger partial charge is 0.497 e. The van der Waals surface area contributed by atoms with Gasteiger partial charge in [-0.05, 0) is 38.0 Å².